The zero-order chi connectivity index (χ0) is 17.6. The Morgan fingerprint density at radius 1 is 1.28 bits per heavy atom. The Kier molecular flexibility index (Phi) is 3.49. The number of fused-ring (bicyclic) bond motifs is 1. The fraction of sp³-hybridized carbons (Fsp3) is 0.222. The number of para-hydroxylation sites is 1. The van der Waals surface area contributed by atoms with Gasteiger partial charge in [-0.1, -0.05) is 17.3 Å². The maximum absolute atomic E-state index is 12.5. The van der Waals surface area contributed by atoms with Gasteiger partial charge in [-0.3, -0.25) is 4.79 Å². The second kappa shape index (κ2) is 5.70. The van der Waals surface area contributed by atoms with E-state index in [9.17, 15) is 4.79 Å². The summed E-state index contributed by atoms with van der Waals surface area (Å²) in [6, 6.07) is 7.26. The normalized spacial score (nSPS) is 12.6. The maximum Gasteiger partial charge on any atom is 0.274 e. The Hall–Kier alpha value is -3.22. The molecule has 3 aromatic rings. The first-order chi connectivity index (χ1) is 12.0. The number of ether oxygens (including phenoxy) is 2. The van der Waals surface area contributed by atoms with Gasteiger partial charge in [-0.15, -0.1) is 0 Å². The molecule has 2 N–H and O–H groups in total. The van der Waals surface area contributed by atoms with Gasteiger partial charge in [0, 0.05) is 22.9 Å². The topological polar surface area (TPSA) is 92.5 Å². The van der Waals surface area contributed by atoms with Crippen molar-refractivity contribution in [2.24, 2.45) is 0 Å². The molecule has 128 valence electrons. The molecule has 0 aliphatic carbocycles. The molecule has 7 nitrogen and oxygen atoms in total. The van der Waals surface area contributed by atoms with Gasteiger partial charge in [-0.05, 0) is 26.0 Å². The highest BCUT2D eigenvalue weighted by molar-refractivity contribution is 5.69. The van der Waals surface area contributed by atoms with Crippen LogP contribution in [0.1, 0.15) is 17.0 Å². The molecule has 0 saturated heterocycles. The number of anilines is 1. The zero-order valence-electron chi connectivity index (χ0n) is 13.9. The fourth-order valence-corrected chi connectivity index (χ4v) is 3.11. The van der Waals surface area contributed by atoms with E-state index in [1.54, 1.807) is 16.8 Å². The molecule has 0 amide bonds. The molecular weight excluding hydrogens is 322 g/mol. The van der Waals surface area contributed by atoms with Gasteiger partial charge in [0.1, 0.15) is 5.76 Å². The summed E-state index contributed by atoms with van der Waals surface area (Å²) in [7, 11) is 0. The first kappa shape index (κ1) is 15.3. The molecule has 0 bridgehead atoms. The monoisotopic (exact) mass is 339 g/mol. The molecule has 0 fully saturated rings. The predicted molar refractivity (Wildman–Crippen MR) is 91.8 cm³/mol. The molecule has 0 unspecified atom stereocenters. The van der Waals surface area contributed by atoms with Gasteiger partial charge in [0.2, 0.25) is 6.79 Å². The van der Waals surface area contributed by atoms with Crippen LogP contribution in [0.3, 0.4) is 0 Å². The number of nitrogen functional groups attached to an aromatic ring is 1. The molecule has 1 aliphatic heterocycles. The summed E-state index contributed by atoms with van der Waals surface area (Å²) >= 11 is 0. The Labute approximate surface area is 143 Å². The van der Waals surface area contributed by atoms with Crippen LogP contribution >= 0.6 is 0 Å². The summed E-state index contributed by atoms with van der Waals surface area (Å²) in [6.07, 6.45) is 1.76. The number of aromatic nitrogens is 2. The molecule has 0 atom stereocenters. The minimum atomic E-state index is -0.257. The Balaban J connectivity index is 1.81. The molecule has 7 heteroatoms. The Bertz CT molecular complexity index is 1000. The van der Waals surface area contributed by atoms with E-state index in [4.69, 9.17) is 19.7 Å². The zero-order valence-corrected chi connectivity index (χ0v) is 13.9. The van der Waals surface area contributed by atoms with Crippen LogP contribution in [-0.4, -0.2) is 16.5 Å². The van der Waals surface area contributed by atoms with E-state index in [-0.39, 0.29) is 18.0 Å². The Morgan fingerprint density at radius 2 is 2.12 bits per heavy atom. The van der Waals surface area contributed by atoms with Crippen molar-refractivity contribution in [2.45, 2.75) is 20.4 Å². The summed E-state index contributed by atoms with van der Waals surface area (Å²) in [5.41, 5.74) is 9.10. The van der Waals surface area contributed by atoms with Crippen LogP contribution in [0, 0.1) is 13.8 Å². The van der Waals surface area contributed by atoms with E-state index in [2.05, 4.69) is 5.16 Å². The highest BCUT2D eigenvalue weighted by Gasteiger charge is 2.19. The van der Waals surface area contributed by atoms with E-state index in [0.29, 0.717) is 23.8 Å². The van der Waals surface area contributed by atoms with E-state index < -0.39 is 0 Å². The molecule has 0 saturated carbocycles. The average Bonchev–Trinajstić information content (AvgIpc) is 3.19. The van der Waals surface area contributed by atoms with Crippen LogP contribution in [0.4, 0.5) is 5.69 Å². The van der Waals surface area contributed by atoms with Crippen LogP contribution in [0.15, 0.2) is 39.8 Å². The highest BCUT2D eigenvalue weighted by Crippen LogP contribution is 2.36. The van der Waals surface area contributed by atoms with Crippen molar-refractivity contribution < 1.29 is 14.0 Å². The SMILES string of the molecule is Cc1noc(C)c1-c1cc(N)c(=O)n(Cc2cccc3c2OCO3)c1. The van der Waals surface area contributed by atoms with Gasteiger partial charge in [0.05, 0.1) is 17.9 Å². The summed E-state index contributed by atoms with van der Waals surface area (Å²) in [5, 5.41) is 3.97. The first-order valence-corrected chi connectivity index (χ1v) is 7.85. The fourth-order valence-electron chi connectivity index (χ4n) is 3.11. The number of nitrogens with zero attached hydrogens (tertiary/aromatic N) is 2. The molecular formula is C18H17N3O4. The molecule has 1 aliphatic rings. The average molecular weight is 339 g/mol. The number of hydrogen-bond acceptors (Lipinski definition) is 6. The lowest BCUT2D eigenvalue weighted by Gasteiger charge is -2.12. The largest absolute Gasteiger partial charge is 0.454 e. The van der Waals surface area contributed by atoms with Gasteiger partial charge < -0.3 is 24.3 Å². The molecule has 0 radical (unpaired) electrons. The first-order valence-electron chi connectivity index (χ1n) is 7.85. The molecule has 1 aromatic carbocycles. The van der Waals surface area contributed by atoms with Gasteiger partial charge in [-0.2, -0.15) is 0 Å². The minimum absolute atomic E-state index is 0.169. The maximum atomic E-state index is 12.5. The van der Waals surface area contributed by atoms with Crippen molar-refractivity contribution in [1.29, 1.82) is 0 Å². The quantitative estimate of drug-likeness (QED) is 0.788. The minimum Gasteiger partial charge on any atom is -0.454 e. The molecule has 4 rings (SSSR count). The highest BCUT2D eigenvalue weighted by atomic mass is 16.7. The Morgan fingerprint density at radius 3 is 2.88 bits per heavy atom. The van der Waals surface area contributed by atoms with Crippen molar-refractivity contribution in [3.8, 4) is 22.6 Å². The number of benzene rings is 1. The van der Waals surface area contributed by atoms with Gasteiger partial charge in [0.15, 0.2) is 11.5 Å². The molecule has 0 spiro atoms. The molecule has 2 aromatic heterocycles. The summed E-state index contributed by atoms with van der Waals surface area (Å²) in [5.74, 6) is 2.02. The third-order valence-electron chi connectivity index (χ3n) is 4.25. The second-order valence-corrected chi connectivity index (χ2v) is 5.97. The van der Waals surface area contributed by atoms with Crippen molar-refractivity contribution in [3.05, 3.63) is 57.8 Å². The standard InChI is InChI=1S/C18H17N3O4/c1-10-16(11(2)25-20-10)13-6-14(19)18(22)21(8-13)7-12-4-3-5-15-17(12)24-9-23-15/h3-6,8H,7,9,19H2,1-2H3. The van der Waals surface area contributed by atoms with Crippen molar-refractivity contribution in [1.82, 2.24) is 9.72 Å². The van der Waals surface area contributed by atoms with Gasteiger partial charge in [0.25, 0.3) is 5.56 Å². The van der Waals surface area contributed by atoms with Crippen LogP contribution in [0.25, 0.3) is 11.1 Å². The van der Waals surface area contributed by atoms with Crippen LogP contribution in [0.2, 0.25) is 0 Å². The summed E-state index contributed by atoms with van der Waals surface area (Å²) in [4.78, 5) is 12.5. The second-order valence-electron chi connectivity index (χ2n) is 5.97. The van der Waals surface area contributed by atoms with E-state index in [1.807, 2.05) is 32.0 Å². The third-order valence-corrected chi connectivity index (χ3v) is 4.25. The number of hydrogen-bond donors (Lipinski definition) is 1. The predicted octanol–water partition coefficient (Wildman–Crippen LogP) is 2.48. The molecule has 25 heavy (non-hydrogen) atoms. The van der Waals surface area contributed by atoms with E-state index >= 15 is 0 Å². The number of aryl methyl sites for hydroxylation is 2. The van der Waals surface area contributed by atoms with Crippen LogP contribution in [0.5, 0.6) is 11.5 Å². The van der Waals surface area contributed by atoms with E-state index in [1.165, 1.54) is 0 Å². The number of nitrogens with two attached hydrogens (primary N) is 1. The number of rotatable bonds is 3. The lowest BCUT2D eigenvalue weighted by atomic mass is 10.1. The van der Waals surface area contributed by atoms with Crippen LogP contribution < -0.4 is 20.8 Å². The third kappa shape index (κ3) is 2.53. The van der Waals surface area contributed by atoms with Gasteiger partial charge >= 0.3 is 0 Å². The van der Waals surface area contributed by atoms with Crippen molar-refractivity contribution in [2.75, 3.05) is 12.5 Å². The van der Waals surface area contributed by atoms with E-state index in [0.717, 1.165) is 22.4 Å². The smallest absolute Gasteiger partial charge is 0.274 e. The summed E-state index contributed by atoms with van der Waals surface area (Å²) in [6.45, 7) is 4.19. The van der Waals surface area contributed by atoms with Gasteiger partial charge in [-0.25, -0.2) is 0 Å². The summed E-state index contributed by atoms with van der Waals surface area (Å²) < 4.78 is 17.7. The van der Waals surface area contributed by atoms with Crippen LogP contribution in [-0.2, 0) is 6.54 Å². The number of pyridine rings is 1. The van der Waals surface area contributed by atoms with Crippen molar-refractivity contribution >= 4 is 5.69 Å². The molecule has 3 heterocycles. The van der Waals surface area contributed by atoms with Crippen molar-refractivity contribution in [3.63, 3.8) is 0 Å². The lowest BCUT2D eigenvalue weighted by molar-refractivity contribution is 0.173. The lowest BCUT2D eigenvalue weighted by Crippen LogP contribution is -2.23.